The lowest BCUT2D eigenvalue weighted by atomic mass is 9.89. The molecule has 3 heteroatoms. The minimum atomic E-state index is 0.785. The molecule has 3 aromatic carbocycles. The van der Waals surface area contributed by atoms with E-state index in [1.54, 1.807) is 14.2 Å². The highest BCUT2D eigenvalue weighted by Crippen LogP contribution is 2.45. The number of anilines is 2. The first-order valence-corrected chi connectivity index (χ1v) is 8.59. The number of para-hydroxylation sites is 2. The van der Waals surface area contributed by atoms with Crippen molar-refractivity contribution in [3.05, 3.63) is 83.4 Å². The maximum Gasteiger partial charge on any atom is 0.129 e. The van der Waals surface area contributed by atoms with Crippen LogP contribution in [0.4, 0.5) is 11.4 Å². The Hall–Kier alpha value is -3.20. The topological polar surface area (TPSA) is 21.7 Å². The zero-order valence-electron chi connectivity index (χ0n) is 15.2. The summed E-state index contributed by atoms with van der Waals surface area (Å²) in [4.78, 5) is 2.24. The second-order valence-electron chi connectivity index (χ2n) is 6.26. The van der Waals surface area contributed by atoms with Crippen molar-refractivity contribution in [2.45, 2.75) is 0 Å². The number of fused-ring (bicyclic) bond motifs is 2. The molecule has 0 fully saturated rings. The summed E-state index contributed by atoms with van der Waals surface area (Å²) in [7, 11) is 5.46. The molecule has 0 saturated carbocycles. The largest absolute Gasteiger partial charge is 0.497 e. The second-order valence-corrected chi connectivity index (χ2v) is 6.26. The summed E-state index contributed by atoms with van der Waals surface area (Å²) in [6.07, 6.45) is 2.20. The van der Waals surface area contributed by atoms with E-state index in [0.29, 0.717) is 0 Å². The molecule has 0 amide bonds. The van der Waals surface area contributed by atoms with E-state index in [-0.39, 0.29) is 0 Å². The fourth-order valence-electron chi connectivity index (χ4n) is 3.51. The molecular weight excluding hydrogens is 322 g/mol. The van der Waals surface area contributed by atoms with Gasteiger partial charge in [-0.25, -0.2) is 0 Å². The Balaban J connectivity index is 1.95. The number of nitrogens with zero attached hydrogens (tertiary/aromatic N) is 1. The standard InChI is InChI=1S/C23H21NO2/c1-24-21-10-6-4-8-18(21)20(19-9-5-7-11-22(19)24)14-16-12-13-17(25-2)15-23(16)26-3/h4-15H,1-3H3. The van der Waals surface area contributed by atoms with Crippen LogP contribution in [-0.2, 0) is 0 Å². The third kappa shape index (κ3) is 2.62. The number of hydrogen-bond acceptors (Lipinski definition) is 3. The van der Waals surface area contributed by atoms with Crippen LogP contribution in [0.1, 0.15) is 16.7 Å². The van der Waals surface area contributed by atoms with Crippen molar-refractivity contribution in [3.63, 3.8) is 0 Å². The van der Waals surface area contributed by atoms with Crippen molar-refractivity contribution in [1.82, 2.24) is 0 Å². The summed E-state index contributed by atoms with van der Waals surface area (Å²) >= 11 is 0. The first-order valence-electron chi connectivity index (χ1n) is 8.59. The lowest BCUT2D eigenvalue weighted by Crippen LogP contribution is -2.17. The Morgan fingerprint density at radius 1 is 0.769 bits per heavy atom. The summed E-state index contributed by atoms with van der Waals surface area (Å²) in [5.41, 5.74) is 7.04. The monoisotopic (exact) mass is 343 g/mol. The molecule has 0 aliphatic carbocycles. The molecule has 0 aromatic heterocycles. The molecule has 0 bridgehead atoms. The van der Waals surface area contributed by atoms with E-state index < -0.39 is 0 Å². The average Bonchev–Trinajstić information content (AvgIpc) is 2.71. The van der Waals surface area contributed by atoms with Gasteiger partial charge in [0, 0.05) is 41.2 Å². The minimum absolute atomic E-state index is 0.785. The van der Waals surface area contributed by atoms with Gasteiger partial charge < -0.3 is 14.4 Å². The summed E-state index contributed by atoms with van der Waals surface area (Å²) in [6.45, 7) is 0. The predicted octanol–water partition coefficient (Wildman–Crippen LogP) is 5.37. The van der Waals surface area contributed by atoms with Gasteiger partial charge in [0.05, 0.1) is 14.2 Å². The normalized spacial score (nSPS) is 12.3. The zero-order valence-corrected chi connectivity index (χ0v) is 15.2. The summed E-state index contributed by atoms with van der Waals surface area (Å²) < 4.78 is 10.9. The van der Waals surface area contributed by atoms with Crippen LogP contribution in [0.3, 0.4) is 0 Å². The van der Waals surface area contributed by atoms with Gasteiger partial charge in [0.1, 0.15) is 11.5 Å². The molecule has 0 spiro atoms. The minimum Gasteiger partial charge on any atom is -0.497 e. The van der Waals surface area contributed by atoms with Crippen molar-refractivity contribution < 1.29 is 9.47 Å². The third-order valence-corrected chi connectivity index (χ3v) is 4.85. The molecule has 0 N–H and O–H groups in total. The zero-order chi connectivity index (χ0) is 18.1. The van der Waals surface area contributed by atoms with Gasteiger partial charge in [0.2, 0.25) is 0 Å². The highest BCUT2D eigenvalue weighted by Gasteiger charge is 2.23. The van der Waals surface area contributed by atoms with Crippen LogP contribution in [0.15, 0.2) is 66.7 Å². The third-order valence-electron chi connectivity index (χ3n) is 4.85. The van der Waals surface area contributed by atoms with Crippen LogP contribution >= 0.6 is 0 Å². The average molecular weight is 343 g/mol. The van der Waals surface area contributed by atoms with E-state index >= 15 is 0 Å². The summed E-state index contributed by atoms with van der Waals surface area (Å²) in [6, 6.07) is 22.9. The van der Waals surface area contributed by atoms with Crippen LogP contribution in [0.5, 0.6) is 11.5 Å². The summed E-state index contributed by atoms with van der Waals surface area (Å²) in [5.74, 6) is 1.58. The van der Waals surface area contributed by atoms with E-state index in [9.17, 15) is 0 Å². The van der Waals surface area contributed by atoms with Gasteiger partial charge in [0.15, 0.2) is 0 Å². The fourth-order valence-corrected chi connectivity index (χ4v) is 3.51. The highest BCUT2D eigenvalue weighted by atomic mass is 16.5. The maximum absolute atomic E-state index is 5.59. The molecule has 1 aliphatic heterocycles. The van der Waals surface area contributed by atoms with E-state index in [1.807, 2.05) is 18.2 Å². The van der Waals surface area contributed by atoms with E-state index in [4.69, 9.17) is 9.47 Å². The number of benzene rings is 3. The Morgan fingerprint density at radius 3 is 1.96 bits per heavy atom. The van der Waals surface area contributed by atoms with Crippen molar-refractivity contribution in [2.24, 2.45) is 0 Å². The highest BCUT2D eigenvalue weighted by molar-refractivity contribution is 6.03. The SMILES string of the molecule is COc1ccc(C=C2c3ccccc3N(C)c3ccccc32)c(OC)c1. The Bertz CT molecular complexity index is 942. The van der Waals surface area contributed by atoms with Crippen LogP contribution in [-0.4, -0.2) is 21.3 Å². The van der Waals surface area contributed by atoms with Crippen LogP contribution < -0.4 is 14.4 Å². The lowest BCUT2D eigenvalue weighted by molar-refractivity contribution is 0.394. The van der Waals surface area contributed by atoms with Gasteiger partial charge in [-0.3, -0.25) is 0 Å². The first-order chi connectivity index (χ1) is 12.7. The summed E-state index contributed by atoms with van der Waals surface area (Å²) in [5, 5.41) is 0. The second kappa shape index (κ2) is 6.60. The Labute approximate surface area is 154 Å². The van der Waals surface area contributed by atoms with Gasteiger partial charge in [-0.15, -0.1) is 0 Å². The van der Waals surface area contributed by atoms with Crippen molar-refractivity contribution in [1.29, 1.82) is 0 Å². The first kappa shape index (κ1) is 16.3. The molecule has 3 nitrogen and oxygen atoms in total. The molecule has 4 rings (SSSR count). The fraction of sp³-hybridized carbons (Fsp3) is 0.130. The van der Waals surface area contributed by atoms with E-state index in [1.165, 1.54) is 28.1 Å². The molecule has 1 aliphatic rings. The van der Waals surface area contributed by atoms with Crippen molar-refractivity contribution in [3.8, 4) is 11.5 Å². The van der Waals surface area contributed by atoms with Crippen LogP contribution in [0, 0.1) is 0 Å². The van der Waals surface area contributed by atoms with Crippen LogP contribution in [0.25, 0.3) is 11.6 Å². The maximum atomic E-state index is 5.59. The molecule has 26 heavy (non-hydrogen) atoms. The van der Waals surface area contributed by atoms with Crippen LogP contribution in [0.2, 0.25) is 0 Å². The molecule has 0 atom stereocenters. The van der Waals surface area contributed by atoms with Gasteiger partial charge in [0.25, 0.3) is 0 Å². The van der Waals surface area contributed by atoms with Gasteiger partial charge in [-0.1, -0.05) is 36.4 Å². The molecule has 0 unspecified atom stereocenters. The molecule has 0 radical (unpaired) electrons. The Morgan fingerprint density at radius 2 is 1.38 bits per heavy atom. The molecular formula is C23H21NO2. The number of hydrogen-bond donors (Lipinski definition) is 0. The molecule has 3 aromatic rings. The van der Waals surface area contributed by atoms with Crippen molar-refractivity contribution >= 4 is 23.0 Å². The molecule has 130 valence electrons. The lowest BCUT2D eigenvalue weighted by Gasteiger charge is -2.31. The number of ether oxygens (including phenoxy) is 2. The smallest absolute Gasteiger partial charge is 0.129 e. The van der Waals surface area contributed by atoms with Gasteiger partial charge in [-0.2, -0.15) is 0 Å². The molecule has 0 saturated heterocycles. The number of rotatable bonds is 3. The molecule has 1 heterocycles. The predicted molar refractivity (Wildman–Crippen MR) is 107 cm³/mol. The van der Waals surface area contributed by atoms with E-state index in [0.717, 1.165) is 17.1 Å². The van der Waals surface area contributed by atoms with Crippen molar-refractivity contribution in [2.75, 3.05) is 26.2 Å². The quantitative estimate of drug-likeness (QED) is 0.638. The van der Waals surface area contributed by atoms with Gasteiger partial charge in [-0.05, 0) is 35.9 Å². The van der Waals surface area contributed by atoms with Gasteiger partial charge >= 0.3 is 0 Å². The van der Waals surface area contributed by atoms with E-state index in [2.05, 4.69) is 66.6 Å². The number of methoxy groups -OCH3 is 2. The Kier molecular flexibility index (Phi) is 4.13.